The topological polar surface area (TPSA) is 79.1 Å². The Bertz CT molecular complexity index is 867. The highest BCUT2D eigenvalue weighted by Crippen LogP contribution is 2.28. The molecule has 3 aromatic rings. The monoisotopic (exact) mass is 346 g/mol. The molecule has 2 heterocycles. The number of hydrogen-bond acceptors (Lipinski definition) is 4. The number of benzene rings is 1. The summed E-state index contributed by atoms with van der Waals surface area (Å²) in [7, 11) is 0. The van der Waals surface area contributed by atoms with Crippen LogP contribution in [0.4, 0.5) is 0 Å². The molecule has 0 bridgehead atoms. The van der Waals surface area contributed by atoms with Crippen LogP contribution in [0.25, 0.3) is 22.5 Å². The summed E-state index contributed by atoms with van der Waals surface area (Å²) in [6.45, 7) is 1.76. The first-order valence-corrected chi connectivity index (χ1v) is 6.99. The second kappa shape index (κ2) is 5.21. The predicted molar refractivity (Wildman–Crippen MR) is 82.1 cm³/mol. The molecular formula is C15H11BrN2O3. The maximum atomic E-state index is 12.3. The first-order chi connectivity index (χ1) is 10.1. The summed E-state index contributed by atoms with van der Waals surface area (Å²) < 4.78 is 5.99. The fraction of sp³-hybridized carbons (Fsp3) is 0.0667. The van der Waals surface area contributed by atoms with Gasteiger partial charge in [-0.2, -0.15) is 4.98 Å². The summed E-state index contributed by atoms with van der Waals surface area (Å²) in [5.74, 6) is 0.586. The van der Waals surface area contributed by atoms with Crippen LogP contribution in [0.15, 0.2) is 50.3 Å². The largest absolute Gasteiger partial charge is 0.493 e. The molecule has 0 amide bonds. The molecule has 0 spiro atoms. The molecule has 0 aliphatic rings. The van der Waals surface area contributed by atoms with Crippen LogP contribution in [0.5, 0.6) is 5.88 Å². The lowest BCUT2D eigenvalue weighted by Crippen LogP contribution is -2.12. The first kappa shape index (κ1) is 13.6. The average Bonchev–Trinajstić information content (AvgIpc) is 2.84. The van der Waals surface area contributed by atoms with Gasteiger partial charge in [0.15, 0.2) is 0 Å². The Morgan fingerprint density at radius 1 is 1.33 bits per heavy atom. The number of hydrogen-bond donors (Lipinski definition) is 2. The van der Waals surface area contributed by atoms with E-state index in [4.69, 9.17) is 4.42 Å². The number of aromatic nitrogens is 2. The van der Waals surface area contributed by atoms with Crippen LogP contribution >= 0.6 is 15.9 Å². The van der Waals surface area contributed by atoms with E-state index in [1.807, 2.05) is 6.07 Å². The minimum absolute atomic E-state index is 0.140. The molecule has 0 fully saturated rings. The number of aromatic amines is 1. The number of furan rings is 1. The van der Waals surface area contributed by atoms with Gasteiger partial charge in [-0.15, -0.1) is 0 Å². The van der Waals surface area contributed by atoms with E-state index in [1.54, 1.807) is 31.2 Å². The van der Waals surface area contributed by atoms with Crippen LogP contribution in [0.3, 0.4) is 0 Å². The van der Waals surface area contributed by atoms with E-state index in [0.717, 1.165) is 4.47 Å². The number of halogens is 1. The fourth-order valence-electron chi connectivity index (χ4n) is 2.12. The van der Waals surface area contributed by atoms with Crippen LogP contribution in [0.2, 0.25) is 0 Å². The van der Waals surface area contributed by atoms with E-state index in [2.05, 4.69) is 25.9 Å². The van der Waals surface area contributed by atoms with E-state index in [9.17, 15) is 9.90 Å². The van der Waals surface area contributed by atoms with Gasteiger partial charge in [0, 0.05) is 4.47 Å². The Morgan fingerprint density at radius 2 is 2.14 bits per heavy atom. The normalized spacial score (nSPS) is 10.8. The molecule has 0 atom stereocenters. The quantitative estimate of drug-likeness (QED) is 0.744. The third-order valence-corrected chi connectivity index (χ3v) is 3.62. The number of nitrogens with zero attached hydrogens (tertiary/aromatic N) is 1. The summed E-state index contributed by atoms with van der Waals surface area (Å²) in [5.41, 5.74) is 0.965. The molecule has 0 unspecified atom stereocenters. The Hall–Kier alpha value is -2.34. The number of aryl methyl sites for hydroxylation is 1. The van der Waals surface area contributed by atoms with Crippen LogP contribution in [-0.4, -0.2) is 15.1 Å². The zero-order chi connectivity index (χ0) is 15.0. The highest BCUT2D eigenvalue weighted by Gasteiger charge is 2.15. The van der Waals surface area contributed by atoms with Crippen molar-refractivity contribution >= 4 is 15.9 Å². The van der Waals surface area contributed by atoms with Crippen LogP contribution in [-0.2, 0) is 0 Å². The van der Waals surface area contributed by atoms with Crippen molar-refractivity contribution in [3.8, 4) is 28.4 Å². The zero-order valence-corrected chi connectivity index (χ0v) is 12.6. The van der Waals surface area contributed by atoms with Gasteiger partial charge in [-0.3, -0.25) is 4.79 Å². The Morgan fingerprint density at radius 3 is 2.76 bits per heavy atom. The van der Waals surface area contributed by atoms with Crippen molar-refractivity contribution in [1.29, 1.82) is 0 Å². The first-order valence-electron chi connectivity index (χ1n) is 6.20. The van der Waals surface area contributed by atoms with E-state index < -0.39 is 5.56 Å². The number of aromatic hydroxyl groups is 1. The molecule has 6 heteroatoms. The van der Waals surface area contributed by atoms with Crippen molar-refractivity contribution in [3.63, 3.8) is 0 Å². The number of H-pyrrole nitrogens is 1. The summed E-state index contributed by atoms with van der Waals surface area (Å²) >= 11 is 3.34. The Kier molecular flexibility index (Phi) is 3.39. The summed E-state index contributed by atoms with van der Waals surface area (Å²) in [6.07, 6.45) is 1.50. The van der Waals surface area contributed by atoms with Gasteiger partial charge in [0.1, 0.15) is 17.1 Å². The second-order valence-corrected chi connectivity index (χ2v) is 5.43. The maximum Gasteiger partial charge on any atom is 0.262 e. The number of rotatable bonds is 2. The van der Waals surface area contributed by atoms with E-state index in [-0.39, 0.29) is 17.3 Å². The summed E-state index contributed by atoms with van der Waals surface area (Å²) in [5, 5.41) is 10.1. The predicted octanol–water partition coefficient (Wildman–Crippen LogP) is 3.47. The third kappa shape index (κ3) is 2.50. The molecule has 2 N–H and O–H groups in total. The van der Waals surface area contributed by atoms with Gasteiger partial charge in [-0.25, -0.2) is 0 Å². The van der Waals surface area contributed by atoms with Gasteiger partial charge in [0.05, 0.1) is 11.8 Å². The highest BCUT2D eigenvalue weighted by atomic mass is 79.9. The van der Waals surface area contributed by atoms with Gasteiger partial charge >= 0.3 is 0 Å². The lowest BCUT2D eigenvalue weighted by atomic mass is 10.1. The Balaban J connectivity index is 2.18. The minimum Gasteiger partial charge on any atom is -0.493 e. The molecule has 0 saturated heterocycles. The molecular weight excluding hydrogens is 336 g/mol. The molecule has 0 aliphatic carbocycles. The molecule has 1 aromatic carbocycles. The molecule has 0 aliphatic heterocycles. The molecule has 2 aromatic heterocycles. The SMILES string of the molecule is Cc1occc1-c1nc(O)c(-c2cccc(Br)c2)c(=O)[nH]1. The van der Waals surface area contributed by atoms with Gasteiger partial charge in [-0.05, 0) is 30.7 Å². The van der Waals surface area contributed by atoms with Crippen molar-refractivity contribution in [2.24, 2.45) is 0 Å². The third-order valence-electron chi connectivity index (χ3n) is 3.13. The summed E-state index contributed by atoms with van der Waals surface area (Å²) in [6, 6.07) is 8.79. The van der Waals surface area contributed by atoms with Gasteiger partial charge in [0.2, 0.25) is 5.88 Å². The molecule has 21 heavy (non-hydrogen) atoms. The van der Waals surface area contributed by atoms with Crippen molar-refractivity contribution in [1.82, 2.24) is 9.97 Å². The lowest BCUT2D eigenvalue weighted by Gasteiger charge is -2.06. The molecule has 106 valence electrons. The Labute approximate surface area is 128 Å². The maximum absolute atomic E-state index is 12.3. The van der Waals surface area contributed by atoms with Crippen molar-refractivity contribution < 1.29 is 9.52 Å². The summed E-state index contributed by atoms with van der Waals surface area (Å²) in [4.78, 5) is 19.0. The van der Waals surface area contributed by atoms with E-state index in [1.165, 1.54) is 6.26 Å². The molecule has 0 saturated carbocycles. The highest BCUT2D eigenvalue weighted by molar-refractivity contribution is 9.10. The molecule has 3 rings (SSSR count). The van der Waals surface area contributed by atoms with Crippen LogP contribution in [0.1, 0.15) is 5.76 Å². The molecule has 5 nitrogen and oxygen atoms in total. The molecule has 0 radical (unpaired) electrons. The van der Waals surface area contributed by atoms with Crippen LogP contribution < -0.4 is 5.56 Å². The van der Waals surface area contributed by atoms with Gasteiger partial charge < -0.3 is 14.5 Å². The van der Waals surface area contributed by atoms with Crippen molar-refractivity contribution in [3.05, 3.63) is 57.2 Å². The fourth-order valence-corrected chi connectivity index (χ4v) is 2.52. The van der Waals surface area contributed by atoms with E-state index in [0.29, 0.717) is 16.9 Å². The standard InChI is InChI=1S/C15H11BrN2O3/c1-8-11(5-6-21-8)13-17-14(19)12(15(20)18-13)9-3-2-4-10(16)7-9/h2-7H,1H3,(H2,17,18,19,20). The second-order valence-electron chi connectivity index (χ2n) is 4.51. The zero-order valence-electron chi connectivity index (χ0n) is 11.1. The smallest absolute Gasteiger partial charge is 0.262 e. The van der Waals surface area contributed by atoms with E-state index >= 15 is 0 Å². The van der Waals surface area contributed by atoms with Crippen molar-refractivity contribution in [2.75, 3.05) is 0 Å². The number of nitrogens with one attached hydrogen (secondary N) is 1. The van der Waals surface area contributed by atoms with Gasteiger partial charge in [0.25, 0.3) is 5.56 Å². The lowest BCUT2D eigenvalue weighted by molar-refractivity contribution is 0.454. The van der Waals surface area contributed by atoms with Crippen molar-refractivity contribution in [2.45, 2.75) is 6.92 Å². The van der Waals surface area contributed by atoms with Gasteiger partial charge in [-0.1, -0.05) is 28.1 Å². The van der Waals surface area contributed by atoms with Crippen LogP contribution in [0, 0.1) is 6.92 Å². The average molecular weight is 347 g/mol. The minimum atomic E-state index is -0.406.